The minimum atomic E-state index is -2.45. The lowest BCUT2D eigenvalue weighted by atomic mass is 9.46. The van der Waals surface area contributed by atoms with Crippen molar-refractivity contribution in [3.05, 3.63) is 23.8 Å². The van der Waals surface area contributed by atoms with Gasteiger partial charge in [0.15, 0.2) is 0 Å². The molecule has 3 aliphatic heterocycles. The summed E-state index contributed by atoms with van der Waals surface area (Å²) in [5.41, 5.74) is -3.92. The van der Waals surface area contributed by atoms with Crippen molar-refractivity contribution in [3.8, 4) is 5.75 Å². The molecule has 5 rings (SSSR count). The first-order valence-electron chi connectivity index (χ1n) is 12.1. The minimum absolute atomic E-state index is 0.145. The number of anilines is 1. The van der Waals surface area contributed by atoms with Crippen LogP contribution < -0.4 is 9.64 Å². The standard InChI is InChI=1S/C25H32N2O9/c1-33-15-7-5-6-14-18(15)27(22(31)36-4)25(32,21(30)35-3)16-8-10-24(20(29)34-2)17(28)9-12-26-13-11-23(14,16)19(24)26/h5-7,16-17,19,28,32H,8-13H2,1-4H3/t16-,17+,19-,23+,24-,25-/m1/s1. The number of hydrogen-bond acceptors (Lipinski definition) is 10. The van der Waals surface area contributed by atoms with Gasteiger partial charge in [0.25, 0.3) is 5.72 Å². The molecule has 1 spiro atoms. The van der Waals surface area contributed by atoms with Crippen LogP contribution in [0.25, 0.3) is 0 Å². The molecule has 1 saturated carbocycles. The van der Waals surface area contributed by atoms with Gasteiger partial charge in [0.1, 0.15) is 11.2 Å². The van der Waals surface area contributed by atoms with Gasteiger partial charge in [0.2, 0.25) is 0 Å². The summed E-state index contributed by atoms with van der Waals surface area (Å²) in [6, 6.07) is 4.64. The van der Waals surface area contributed by atoms with E-state index in [2.05, 4.69) is 4.90 Å². The molecule has 36 heavy (non-hydrogen) atoms. The summed E-state index contributed by atoms with van der Waals surface area (Å²) < 4.78 is 21.0. The molecule has 0 radical (unpaired) electrons. The van der Waals surface area contributed by atoms with Crippen LogP contribution in [0.5, 0.6) is 5.75 Å². The van der Waals surface area contributed by atoms with Crippen LogP contribution in [0, 0.1) is 11.3 Å². The average molecular weight is 505 g/mol. The number of ether oxygens (including phenoxy) is 4. The first-order chi connectivity index (χ1) is 17.2. The summed E-state index contributed by atoms with van der Waals surface area (Å²) in [7, 11) is 5.04. The van der Waals surface area contributed by atoms with E-state index in [9.17, 15) is 24.6 Å². The van der Waals surface area contributed by atoms with E-state index in [0.29, 0.717) is 31.5 Å². The Balaban J connectivity index is 1.89. The van der Waals surface area contributed by atoms with Crippen molar-refractivity contribution in [2.45, 2.75) is 49.0 Å². The Morgan fingerprint density at radius 1 is 0.972 bits per heavy atom. The molecule has 196 valence electrons. The SMILES string of the molecule is COC(=O)N1c2c(OC)cccc2[C@@]23CCN4CC[C@H](O)[C@](C(=O)OC)(CC[C@H]2[C@@]1(O)C(=O)OC)[C@H]43. The molecule has 0 bridgehead atoms. The Bertz CT molecular complexity index is 1110. The van der Waals surface area contributed by atoms with Gasteiger partial charge in [-0.3, -0.25) is 9.69 Å². The van der Waals surface area contributed by atoms with Gasteiger partial charge >= 0.3 is 18.0 Å². The molecule has 3 heterocycles. The molecule has 0 aromatic heterocycles. The van der Waals surface area contributed by atoms with Crippen LogP contribution in [0.3, 0.4) is 0 Å². The van der Waals surface area contributed by atoms with Crippen LogP contribution in [0.15, 0.2) is 18.2 Å². The van der Waals surface area contributed by atoms with Crippen LogP contribution in [0.2, 0.25) is 0 Å². The van der Waals surface area contributed by atoms with Crippen LogP contribution in [0.1, 0.15) is 31.2 Å². The molecule has 2 N–H and O–H groups in total. The monoisotopic (exact) mass is 504 g/mol. The van der Waals surface area contributed by atoms with Gasteiger partial charge in [0, 0.05) is 23.9 Å². The Labute approximate surface area is 208 Å². The summed E-state index contributed by atoms with van der Waals surface area (Å²) in [5.74, 6) is -2.16. The lowest BCUT2D eigenvalue weighted by Gasteiger charge is -2.64. The fourth-order valence-electron chi connectivity index (χ4n) is 7.88. The first kappa shape index (κ1) is 24.8. The molecular formula is C25H32N2O9. The maximum Gasteiger partial charge on any atom is 0.417 e. The molecule has 1 aromatic carbocycles. The van der Waals surface area contributed by atoms with Gasteiger partial charge < -0.3 is 29.2 Å². The minimum Gasteiger partial charge on any atom is -0.495 e. The fraction of sp³-hybridized carbons (Fsp3) is 0.640. The number of rotatable bonds is 3. The number of para-hydroxylation sites is 1. The van der Waals surface area contributed by atoms with Crippen molar-refractivity contribution in [1.82, 2.24) is 4.90 Å². The van der Waals surface area contributed by atoms with Crippen molar-refractivity contribution >= 4 is 23.7 Å². The van der Waals surface area contributed by atoms with E-state index in [0.717, 1.165) is 19.1 Å². The number of hydrogen-bond donors (Lipinski definition) is 2. The Kier molecular flexibility index (Phi) is 5.73. The second kappa shape index (κ2) is 8.32. The molecule has 6 atom stereocenters. The average Bonchev–Trinajstić information content (AvgIpc) is 3.30. The normalized spacial score (nSPS) is 36.7. The molecular weight excluding hydrogens is 472 g/mol. The second-order valence-electron chi connectivity index (χ2n) is 10.0. The number of aliphatic hydroxyl groups excluding tert-OH is 1. The van der Waals surface area contributed by atoms with E-state index < -0.39 is 52.7 Å². The first-order valence-corrected chi connectivity index (χ1v) is 12.1. The van der Waals surface area contributed by atoms with Crippen LogP contribution in [0.4, 0.5) is 10.5 Å². The molecule has 11 nitrogen and oxygen atoms in total. The molecule has 3 fully saturated rings. The number of fused-ring (bicyclic) bond motifs is 1. The van der Waals surface area contributed by atoms with Crippen LogP contribution >= 0.6 is 0 Å². The third kappa shape index (κ3) is 2.71. The number of methoxy groups -OCH3 is 4. The lowest BCUT2D eigenvalue weighted by Crippen LogP contribution is -2.77. The summed E-state index contributed by atoms with van der Waals surface area (Å²) >= 11 is 0. The third-order valence-electron chi connectivity index (χ3n) is 9.09. The Morgan fingerprint density at radius 3 is 2.33 bits per heavy atom. The fourth-order valence-corrected chi connectivity index (χ4v) is 7.88. The predicted molar refractivity (Wildman–Crippen MR) is 124 cm³/mol. The van der Waals surface area contributed by atoms with Crippen LogP contribution in [-0.4, -0.2) is 92.5 Å². The topological polar surface area (TPSA) is 135 Å². The molecule has 11 heteroatoms. The number of nitrogens with zero attached hydrogens (tertiary/aromatic N) is 2. The third-order valence-corrected chi connectivity index (χ3v) is 9.09. The molecule has 1 aliphatic carbocycles. The summed E-state index contributed by atoms with van der Waals surface area (Å²) in [6.45, 7) is 1.11. The van der Waals surface area contributed by atoms with E-state index in [1.807, 2.05) is 6.07 Å². The second-order valence-corrected chi connectivity index (χ2v) is 10.0. The smallest absolute Gasteiger partial charge is 0.417 e. The number of aliphatic hydroxyl groups is 2. The highest BCUT2D eigenvalue weighted by Crippen LogP contribution is 2.68. The van der Waals surface area contributed by atoms with Crippen molar-refractivity contribution in [2.75, 3.05) is 46.4 Å². The maximum atomic E-state index is 13.5. The molecule has 1 aromatic rings. The Hall–Kier alpha value is -2.89. The summed E-state index contributed by atoms with van der Waals surface area (Å²) in [5, 5.41) is 23.6. The van der Waals surface area contributed by atoms with E-state index in [-0.39, 0.29) is 24.3 Å². The van der Waals surface area contributed by atoms with Crippen molar-refractivity contribution in [3.63, 3.8) is 0 Å². The number of benzene rings is 1. The number of esters is 2. The number of amides is 1. The van der Waals surface area contributed by atoms with Gasteiger partial charge in [0.05, 0.1) is 40.2 Å². The highest BCUT2D eigenvalue weighted by atomic mass is 16.6. The maximum absolute atomic E-state index is 13.5. The van der Waals surface area contributed by atoms with Crippen molar-refractivity contribution in [1.29, 1.82) is 0 Å². The summed E-state index contributed by atoms with van der Waals surface area (Å²) in [6.07, 6.45) is -0.753. The lowest BCUT2D eigenvalue weighted by molar-refractivity contribution is -0.203. The number of carbonyl (C=O) groups excluding carboxylic acids is 3. The zero-order chi connectivity index (χ0) is 26.0. The van der Waals surface area contributed by atoms with Gasteiger partial charge in [-0.1, -0.05) is 12.1 Å². The predicted octanol–water partition coefficient (Wildman–Crippen LogP) is 0.789. The van der Waals surface area contributed by atoms with Gasteiger partial charge in [-0.15, -0.1) is 0 Å². The summed E-state index contributed by atoms with van der Waals surface area (Å²) in [4.78, 5) is 43.2. The quantitative estimate of drug-likeness (QED) is 0.449. The van der Waals surface area contributed by atoms with E-state index >= 15 is 0 Å². The number of carbonyl (C=O) groups is 3. The van der Waals surface area contributed by atoms with Gasteiger partial charge in [-0.25, -0.2) is 14.5 Å². The van der Waals surface area contributed by atoms with Crippen molar-refractivity contribution in [2.24, 2.45) is 11.3 Å². The van der Waals surface area contributed by atoms with E-state index in [1.165, 1.54) is 14.2 Å². The highest BCUT2D eigenvalue weighted by molar-refractivity contribution is 6.02. The van der Waals surface area contributed by atoms with Crippen molar-refractivity contribution < 1.29 is 43.5 Å². The highest BCUT2D eigenvalue weighted by Gasteiger charge is 2.77. The van der Waals surface area contributed by atoms with Gasteiger partial charge in [-0.05, 0) is 43.9 Å². The zero-order valence-corrected chi connectivity index (χ0v) is 20.9. The zero-order valence-electron chi connectivity index (χ0n) is 20.9. The number of piperidine rings is 1. The molecule has 2 saturated heterocycles. The molecule has 4 aliphatic rings. The molecule has 1 amide bonds. The van der Waals surface area contributed by atoms with Gasteiger partial charge in [-0.2, -0.15) is 0 Å². The van der Waals surface area contributed by atoms with E-state index in [4.69, 9.17) is 18.9 Å². The van der Waals surface area contributed by atoms with Crippen LogP contribution in [-0.2, 0) is 29.2 Å². The van der Waals surface area contributed by atoms with E-state index in [1.54, 1.807) is 12.1 Å². The largest absolute Gasteiger partial charge is 0.495 e. The Morgan fingerprint density at radius 2 is 1.69 bits per heavy atom. The molecule has 0 unspecified atom stereocenters.